The monoisotopic (exact) mass is 354 g/mol. The van der Waals surface area contributed by atoms with Gasteiger partial charge in [-0.15, -0.1) is 0 Å². The Morgan fingerprint density at radius 3 is 2.46 bits per heavy atom. The summed E-state index contributed by atoms with van der Waals surface area (Å²) < 4.78 is 17.9. The third kappa shape index (κ3) is 3.08. The Kier molecular flexibility index (Phi) is 4.83. The Morgan fingerprint density at radius 2 is 1.96 bits per heavy atom. The molecular weight excluding hydrogens is 328 g/mol. The molecule has 1 aliphatic rings. The molecule has 8 heteroatoms. The van der Waals surface area contributed by atoms with Crippen molar-refractivity contribution in [2.75, 3.05) is 26.2 Å². The average Bonchev–Trinajstić information content (AvgIpc) is 2.85. The molecule has 1 aliphatic heterocycles. The van der Waals surface area contributed by atoms with Crippen molar-refractivity contribution in [3.05, 3.63) is 27.7 Å². The van der Waals surface area contributed by atoms with Gasteiger partial charge in [0.15, 0.2) is 19.8 Å². The van der Waals surface area contributed by atoms with Crippen molar-refractivity contribution in [2.45, 2.75) is 45.0 Å². The number of ether oxygens (including phenoxy) is 2. The van der Waals surface area contributed by atoms with Crippen molar-refractivity contribution >= 4 is 14.3 Å². The van der Waals surface area contributed by atoms with Crippen molar-refractivity contribution in [3.8, 4) is 5.75 Å². The second-order valence-corrected chi connectivity index (χ2v) is 12.1. The van der Waals surface area contributed by atoms with E-state index in [1.54, 1.807) is 4.68 Å². The van der Waals surface area contributed by atoms with Gasteiger partial charge in [0.1, 0.15) is 6.10 Å². The molecule has 0 aromatic carbocycles. The van der Waals surface area contributed by atoms with E-state index in [-0.39, 0.29) is 28.0 Å². The fourth-order valence-electron chi connectivity index (χ4n) is 2.41. The van der Waals surface area contributed by atoms with Crippen molar-refractivity contribution < 1.29 is 18.7 Å². The lowest BCUT2D eigenvalue weighted by molar-refractivity contribution is 0.0584. The predicted octanol–water partition coefficient (Wildman–Crippen LogP) is 2.26. The van der Waals surface area contributed by atoms with Gasteiger partial charge in [0, 0.05) is 6.07 Å². The van der Waals surface area contributed by atoms with Crippen LogP contribution in [0.5, 0.6) is 5.75 Å². The van der Waals surface area contributed by atoms with Crippen LogP contribution in [0.15, 0.2) is 10.9 Å². The summed E-state index contributed by atoms with van der Waals surface area (Å²) in [6, 6.07) is 1.46. The van der Waals surface area contributed by atoms with E-state index in [1.807, 2.05) is 0 Å². The number of methoxy groups -OCH3 is 2. The van der Waals surface area contributed by atoms with Crippen LogP contribution in [0.3, 0.4) is 0 Å². The van der Waals surface area contributed by atoms with Gasteiger partial charge in [-0.05, 0) is 18.1 Å². The zero-order valence-electron chi connectivity index (χ0n) is 15.4. The predicted molar refractivity (Wildman–Crippen MR) is 93.8 cm³/mol. The van der Waals surface area contributed by atoms with E-state index < -0.39 is 14.3 Å². The smallest absolute Gasteiger partial charge is 0.360 e. The van der Waals surface area contributed by atoms with Gasteiger partial charge in [-0.25, -0.2) is 4.79 Å². The lowest BCUT2D eigenvalue weighted by atomic mass is 10.2. The lowest BCUT2D eigenvalue weighted by Crippen LogP contribution is -2.42. The van der Waals surface area contributed by atoms with Crippen LogP contribution in [0.25, 0.3) is 0 Å². The second-order valence-electron chi connectivity index (χ2n) is 7.37. The molecule has 1 aromatic heterocycles. The Bertz CT molecular complexity index is 706. The van der Waals surface area contributed by atoms with Gasteiger partial charge in [-0.1, -0.05) is 20.8 Å². The van der Waals surface area contributed by atoms with Gasteiger partial charge in [0.25, 0.3) is 0 Å². The Morgan fingerprint density at radius 1 is 1.33 bits per heavy atom. The first kappa shape index (κ1) is 18.5. The number of carbonyl (C=O) groups excluding carboxylic acids is 1. The first-order valence-electron chi connectivity index (χ1n) is 7.87. The summed E-state index contributed by atoms with van der Waals surface area (Å²) in [4.78, 5) is 24.5. The van der Waals surface area contributed by atoms with Crippen LogP contribution in [0.2, 0.25) is 18.1 Å². The highest BCUT2D eigenvalue weighted by Crippen LogP contribution is 2.40. The average molecular weight is 354 g/mol. The summed E-state index contributed by atoms with van der Waals surface area (Å²) in [5, 5.41) is 0.0400. The molecule has 0 saturated heterocycles. The molecule has 2 heterocycles. The maximum atomic E-state index is 12.3. The third-order valence-electron chi connectivity index (χ3n) is 4.79. The Labute approximate surface area is 143 Å². The maximum Gasteiger partial charge on any atom is 0.360 e. The number of nitrogens with zero attached hydrogens (tertiary/aromatic N) is 1. The van der Waals surface area contributed by atoms with E-state index in [0.29, 0.717) is 12.2 Å². The van der Waals surface area contributed by atoms with Gasteiger partial charge >= 0.3 is 5.97 Å². The van der Waals surface area contributed by atoms with E-state index in [9.17, 15) is 9.59 Å². The van der Waals surface area contributed by atoms with E-state index in [1.165, 1.54) is 20.3 Å². The molecule has 0 saturated carbocycles. The SMILES string of the molecule is COC(=O)c1c(OC)c(=O)cc2n1NCC2O[Si](C)(C)C(C)(C)C. The molecule has 2 rings (SSSR count). The Balaban J connectivity index is 2.51. The van der Waals surface area contributed by atoms with Crippen LogP contribution in [-0.4, -0.2) is 39.7 Å². The summed E-state index contributed by atoms with van der Waals surface area (Å²) >= 11 is 0. The molecule has 134 valence electrons. The van der Waals surface area contributed by atoms with Gasteiger partial charge in [0.2, 0.25) is 5.43 Å². The first-order chi connectivity index (χ1) is 11.0. The number of pyridine rings is 1. The maximum absolute atomic E-state index is 12.3. The van der Waals surface area contributed by atoms with Crippen molar-refractivity contribution in [2.24, 2.45) is 0 Å². The standard InChI is InChI=1S/C16H26N2O5Si/c1-16(2,3)24(6,7)23-12-9-17-18-10(12)8-11(19)14(21-4)13(18)15(20)22-5/h8,12,17H,9H2,1-7H3. The number of carbonyl (C=O) groups is 1. The van der Waals surface area contributed by atoms with E-state index in [2.05, 4.69) is 39.3 Å². The molecule has 0 fully saturated rings. The van der Waals surface area contributed by atoms with E-state index in [0.717, 1.165) is 0 Å². The largest absolute Gasteiger partial charge is 0.490 e. The van der Waals surface area contributed by atoms with Crippen LogP contribution < -0.4 is 15.6 Å². The first-order valence-corrected chi connectivity index (χ1v) is 10.8. The van der Waals surface area contributed by atoms with Crippen LogP contribution in [-0.2, 0) is 9.16 Å². The fraction of sp³-hybridized carbons (Fsp3) is 0.625. The number of hydrogen-bond donors (Lipinski definition) is 1. The molecule has 24 heavy (non-hydrogen) atoms. The van der Waals surface area contributed by atoms with E-state index in [4.69, 9.17) is 13.9 Å². The van der Waals surface area contributed by atoms with Gasteiger partial charge in [-0.3, -0.25) is 9.47 Å². The molecule has 0 aliphatic carbocycles. The molecule has 0 radical (unpaired) electrons. The van der Waals surface area contributed by atoms with Crippen LogP contribution in [0.4, 0.5) is 0 Å². The van der Waals surface area contributed by atoms with Gasteiger partial charge < -0.3 is 19.3 Å². The highest BCUT2D eigenvalue weighted by atomic mass is 28.4. The summed E-state index contributed by atoms with van der Waals surface area (Å²) in [6.07, 6.45) is -0.298. The number of aromatic nitrogens is 1. The molecule has 1 N–H and O–H groups in total. The van der Waals surface area contributed by atoms with E-state index >= 15 is 0 Å². The number of hydrogen-bond acceptors (Lipinski definition) is 6. The quantitative estimate of drug-likeness (QED) is 0.660. The number of esters is 1. The molecule has 0 spiro atoms. The summed E-state index contributed by atoms with van der Waals surface area (Å²) in [6.45, 7) is 11.2. The molecule has 1 atom stereocenters. The highest BCUT2D eigenvalue weighted by molar-refractivity contribution is 6.74. The molecular formula is C16H26N2O5Si. The normalized spacial score (nSPS) is 17.2. The third-order valence-corrected chi connectivity index (χ3v) is 9.28. The molecule has 7 nitrogen and oxygen atoms in total. The molecule has 0 bridgehead atoms. The summed E-state index contributed by atoms with van der Waals surface area (Å²) in [5.41, 5.74) is 3.42. The minimum atomic E-state index is -2.03. The van der Waals surface area contributed by atoms with Crippen LogP contribution in [0, 0.1) is 0 Å². The summed E-state index contributed by atoms with van der Waals surface area (Å²) in [5.74, 6) is -0.669. The minimum Gasteiger partial charge on any atom is -0.490 e. The molecule has 1 unspecified atom stereocenters. The minimum absolute atomic E-state index is 0.0360. The van der Waals surface area contributed by atoms with Gasteiger partial charge in [-0.2, -0.15) is 0 Å². The van der Waals surface area contributed by atoms with Crippen molar-refractivity contribution in [1.82, 2.24) is 4.68 Å². The summed E-state index contributed by atoms with van der Waals surface area (Å²) in [7, 11) is 0.591. The number of rotatable bonds is 4. The Hall–Kier alpha value is -1.80. The number of nitrogens with one attached hydrogen (secondary N) is 1. The van der Waals surface area contributed by atoms with Crippen LogP contribution >= 0.6 is 0 Å². The second kappa shape index (κ2) is 6.25. The zero-order valence-corrected chi connectivity index (χ0v) is 16.4. The number of fused-ring (bicyclic) bond motifs is 1. The van der Waals surface area contributed by atoms with Crippen LogP contribution in [0.1, 0.15) is 43.1 Å². The molecule has 0 amide bonds. The fourth-order valence-corrected chi connectivity index (χ4v) is 3.68. The topological polar surface area (TPSA) is 78.8 Å². The van der Waals surface area contributed by atoms with Crippen molar-refractivity contribution in [1.29, 1.82) is 0 Å². The lowest BCUT2D eigenvalue weighted by Gasteiger charge is -2.38. The van der Waals surface area contributed by atoms with Crippen molar-refractivity contribution in [3.63, 3.8) is 0 Å². The molecule has 1 aromatic rings. The highest BCUT2D eigenvalue weighted by Gasteiger charge is 2.42. The van der Waals surface area contributed by atoms with Gasteiger partial charge in [0.05, 0.1) is 26.5 Å². The zero-order chi connectivity index (χ0) is 18.3.